The summed E-state index contributed by atoms with van der Waals surface area (Å²) in [7, 11) is 1.60. The monoisotopic (exact) mass is 265 g/mol. The summed E-state index contributed by atoms with van der Waals surface area (Å²) in [6, 6.07) is 6.11. The molecule has 0 heterocycles. The van der Waals surface area contributed by atoms with Crippen LogP contribution in [0.25, 0.3) is 0 Å². The molecule has 0 aliphatic rings. The first-order valence-corrected chi connectivity index (χ1v) is 6.48. The number of aryl methyl sites for hydroxylation is 1. The molecule has 1 atom stereocenters. The number of hydrogen-bond acceptors (Lipinski definition) is 3. The van der Waals surface area contributed by atoms with Crippen LogP contribution in [0.15, 0.2) is 18.2 Å². The van der Waals surface area contributed by atoms with Gasteiger partial charge in [0.2, 0.25) is 5.91 Å². The van der Waals surface area contributed by atoms with Crippen LogP contribution in [-0.4, -0.2) is 32.8 Å². The summed E-state index contributed by atoms with van der Waals surface area (Å²) in [4.78, 5) is 11.7. The number of carbonyl (C=O) groups is 1. The number of ether oxygens (including phenoxy) is 2. The molecule has 0 fully saturated rings. The molecule has 4 nitrogen and oxygen atoms in total. The molecule has 4 heteroatoms. The van der Waals surface area contributed by atoms with E-state index in [1.807, 2.05) is 19.1 Å². The molecule has 1 N–H and O–H groups in total. The van der Waals surface area contributed by atoms with Gasteiger partial charge in [0.25, 0.3) is 0 Å². The Kier molecular flexibility index (Phi) is 6.53. The number of methoxy groups -OCH3 is 1. The van der Waals surface area contributed by atoms with Crippen molar-refractivity contribution >= 4 is 5.91 Å². The predicted molar refractivity (Wildman–Crippen MR) is 75.2 cm³/mol. The third kappa shape index (κ3) is 5.01. The van der Waals surface area contributed by atoms with Gasteiger partial charge in [0.05, 0.1) is 19.3 Å². The van der Waals surface area contributed by atoms with Crippen LogP contribution in [0.2, 0.25) is 0 Å². The smallest absolute Gasteiger partial charge is 0.246 e. The van der Waals surface area contributed by atoms with Gasteiger partial charge in [0.1, 0.15) is 6.61 Å². The molecule has 1 amide bonds. The summed E-state index contributed by atoms with van der Waals surface area (Å²) < 4.78 is 10.0. The largest absolute Gasteiger partial charge is 0.382 e. The van der Waals surface area contributed by atoms with Gasteiger partial charge in [-0.25, -0.2) is 0 Å². The van der Waals surface area contributed by atoms with Crippen LogP contribution in [0, 0.1) is 13.8 Å². The van der Waals surface area contributed by atoms with Crippen LogP contribution in [0.4, 0.5) is 0 Å². The van der Waals surface area contributed by atoms with Crippen LogP contribution in [0.5, 0.6) is 0 Å². The highest BCUT2D eigenvalue weighted by Crippen LogP contribution is 2.19. The number of carbonyl (C=O) groups excluding carboxylic acids is 1. The van der Waals surface area contributed by atoms with E-state index >= 15 is 0 Å². The van der Waals surface area contributed by atoms with E-state index in [1.54, 1.807) is 7.11 Å². The third-order valence-electron chi connectivity index (χ3n) is 3.16. The molecule has 106 valence electrons. The topological polar surface area (TPSA) is 47.6 Å². The molecule has 0 aromatic heterocycles. The molecule has 1 rings (SSSR count). The summed E-state index contributed by atoms with van der Waals surface area (Å²) >= 11 is 0. The van der Waals surface area contributed by atoms with Crippen molar-refractivity contribution in [2.24, 2.45) is 0 Å². The lowest BCUT2D eigenvalue weighted by molar-refractivity contribution is -0.126. The van der Waals surface area contributed by atoms with Crippen LogP contribution in [-0.2, 0) is 14.3 Å². The summed E-state index contributed by atoms with van der Waals surface area (Å²) in [6.07, 6.45) is 0. The maximum atomic E-state index is 11.7. The van der Waals surface area contributed by atoms with E-state index in [4.69, 9.17) is 9.47 Å². The second kappa shape index (κ2) is 7.92. The van der Waals surface area contributed by atoms with Gasteiger partial charge in [-0.15, -0.1) is 0 Å². The Morgan fingerprint density at radius 1 is 1.32 bits per heavy atom. The van der Waals surface area contributed by atoms with Crippen molar-refractivity contribution in [2.75, 3.05) is 26.9 Å². The Hall–Kier alpha value is -1.39. The molecular formula is C15H23NO3. The molecule has 0 aliphatic heterocycles. The lowest BCUT2D eigenvalue weighted by Gasteiger charge is -2.18. The van der Waals surface area contributed by atoms with Crippen LogP contribution in [0.1, 0.15) is 29.7 Å². The van der Waals surface area contributed by atoms with Crippen molar-refractivity contribution in [3.63, 3.8) is 0 Å². The fourth-order valence-corrected chi connectivity index (χ4v) is 1.91. The predicted octanol–water partition coefficient (Wildman–Crippen LogP) is 2.14. The molecule has 0 radical (unpaired) electrons. The fraction of sp³-hybridized carbons (Fsp3) is 0.533. The minimum absolute atomic E-state index is 0.0153. The van der Waals surface area contributed by atoms with Crippen molar-refractivity contribution < 1.29 is 14.3 Å². The number of nitrogens with one attached hydrogen (secondary N) is 1. The van der Waals surface area contributed by atoms with E-state index in [9.17, 15) is 4.79 Å². The van der Waals surface area contributed by atoms with E-state index in [-0.39, 0.29) is 18.6 Å². The lowest BCUT2D eigenvalue weighted by atomic mass is 9.98. The first-order valence-electron chi connectivity index (χ1n) is 6.48. The normalized spacial score (nSPS) is 12.2. The van der Waals surface area contributed by atoms with Crippen LogP contribution in [0.3, 0.4) is 0 Å². The molecular weight excluding hydrogens is 242 g/mol. The standard InChI is InChI=1S/C15H23NO3/c1-11-6-5-7-14(12(11)2)13(3)16-15(17)10-19-9-8-18-4/h5-7,13H,8-10H2,1-4H3,(H,16,17). The van der Waals surface area contributed by atoms with Crippen molar-refractivity contribution in [3.8, 4) is 0 Å². The Labute approximate surface area is 115 Å². The van der Waals surface area contributed by atoms with Crippen molar-refractivity contribution in [1.82, 2.24) is 5.32 Å². The van der Waals surface area contributed by atoms with E-state index < -0.39 is 0 Å². The number of rotatable bonds is 7. The van der Waals surface area contributed by atoms with Gasteiger partial charge < -0.3 is 14.8 Å². The van der Waals surface area contributed by atoms with E-state index in [0.717, 1.165) is 5.56 Å². The Morgan fingerprint density at radius 2 is 2.05 bits per heavy atom. The van der Waals surface area contributed by atoms with Crippen LogP contribution < -0.4 is 5.32 Å². The zero-order valence-electron chi connectivity index (χ0n) is 12.2. The van der Waals surface area contributed by atoms with Gasteiger partial charge in [-0.1, -0.05) is 18.2 Å². The summed E-state index contributed by atoms with van der Waals surface area (Å²) in [5.41, 5.74) is 3.59. The first kappa shape index (κ1) is 15.7. The molecule has 0 saturated carbocycles. The molecule has 0 bridgehead atoms. The highest BCUT2D eigenvalue weighted by atomic mass is 16.5. The van der Waals surface area contributed by atoms with E-state index in [2.05, 4.69) is 25.2 Å². The van der Waals surface area contributed by atoms with Gasteiger partial charge in [-0.2, -0.15) is 0 Å². The van der Waals surface area contributed by atoms with Gasteiger partial charge in [0.15, 0.2) is 0 Å². The summed E-state index contributed by atoms with van der Waals surface area (Å²) in [5.74, 6) is -0.107. The summed E-state index contributed by atoms with van der Waals surface area (Å²) in [5, 5.41) is 2.94. The van der Waals surface area contributed by atoms with Gasteiger partial charge in [-0.3, -0.25) is 4.79 Å². The van der Waals surface area contributed by atoms with Gasteiger partial charge in [-0.05, 0) is 37.5 Å². The molecule has 0 aliphatic carbocycles. The zero-order valence-corrected chi connectivity index (χ0v) is 12.2. The Balaban J connectivity index is 2.48. The summed E-state index contributed by atoms with van der Waals surface area (Å²) in [6.45, 7) is 7.12. The quantitative estimate of drug-likeness (QED) is 0.768. The van der Waals surface area contributed by atoms with Crippen molar-refractivity contribution in [2.45, 2.75) is 26.8 Å². The van der Waals surface area contributed by atoms with Crippen molar-refractivity contribution in [3.05, 3.63) is 34.9 Å². The SMILES string of the molecule is COCCOCC(=O)NC(C)c1cccc(C)c1C. The Bertz CT molecular complexity index is 418. The average Bonchev–Trinajstić information content (AvgIpc) is 2.38. The second-order valence-electron chi connectivity index (χ2n) is 4.62. The highest BCUT2D eigenvalue weighted by molar-refractivity contribution is 5.77. The second-order valence-corrected chi connectivity index (χ2v) is 4.62. The fourth-order valence-electron chi connectivity index (χ4n) is 1.91. The molecule has 1 aromatic carbocycles. The molecule has 0 spiro atoms. The minimum Gasteiger partial charge on any atom is -0.382 e. The number of hydrogen-bond donors (Lipinski definition) is 1. The first-order chi connectivity index (χ1) is 9.06. The van der Waals surface area contributed by atoms with E-state index in [1.165, 1.54) is 11.1 Å². The maximum absolute atomic E-state index is 11.7. The van der Waals surface area contributed by atoms with Crippen molar-refractivity contribution in [1.29, 1.82) is 0 Å². The molecule has 19 heavy (non-hydrogen) atoms. The molecule has 1 aromatic rings. The van der Waals surface area contributed by atoms with Crippen LogP contribution >= 0.6 is 0 Å². The average molecular weight is 265 g/mol. The lowest BCUT2D eigenvalue weighted by Crippen LogP contribution is -2.31. The number of amides is 1. The number of benzene rings is 1. The molecule has 1 unspecified atom stereocenters. The van der Waals surface area contributed by atoms with E-state index in [0.29, 0.717) is 13.2 Å². The highest BCUT2D eigenvalue weighted by Gasteiger charge is 2.12. The Morgan fingerprint density at radius 3 is 2.74 bits per heavy atom. The third-order valence-corrected chi connectivity index (χ3v) is 3.16. The minimum atomic E-state index is -0.107. The van der Waals surface area contributed by atoms with Gasteiger partial charge in [0, 0.05) is 7.11 Å². The maximum Gasteiger partial charge on any atom is 0.246 e. The molecule has 0 saturated heterocycles. The van der Waals surface area contributed by atoms with Gasteiger partial charge >= 0.3 is 0 Å². The zero-order chi connectivity index (χ0) is 14.3.